The summed E-state index contributed by atoms with van der Waals surface area (Å²) < 4.78 is 0. The maximum absolute atomic E-state index is 13.1. The van der Waals surface area contributed by atoms with E-state index in [-0.39, 0.29) is 17.9 Å². The average molecular weight is 454 g/mol. The van der Waals surface area contributed by atoms with Crippen LogP contribution >= 0.6 is 11.6 Å². The van der Waals surface area contributed by atoms with Gasteiger partial charge in [-0.2, -0.15) is 0 Å². The third-order valence-corrected chi connectivity index (χ3v) is 7.34. The molecule has 2 aliphatic heterocycles. The van der Waals surface area contributed by atoms with E-state index in [0.29, 0.717) is 22.5 Å². The predicted molar refractivity (Wildman–Crippen MR) is 129 cm³/mol. The molecule has 2 saturated heterocycles. The second kappa shape index (κ2) is 10.0. The van der Waals surface area contributed by atoms with Gasteiger partial charge in [0.05, 0.1) is 0 Å². The highest BCUT2D eigenvalue weighted by molar-refractivity contribution is 6.30. The molecule has 1 aromatic carbocycles. The second-order valence-electron chi connectivity index (χ2n) is 9.02. The van der Waals surface area contributed by atoms with Crippen LogP contribution in [-0.4, -0.2) is 52.6 Å². The summed E-state index contributed by atoms with van der Waals surface area (Å²) in [4.78, 5) is 21.7. The summed E-state index contributed by atoms with van der Waals surface area (Å²) in [6, 6.07) is 11.7. The van der Waals surface area contributed by atoms with Crippen molar-refractivity contribution in [1.29, 1.82) is 5.41 Å². The number of rotatable bonds is 5. The maximum atomic E-state index is 13.1. The van der Waals surface area contributed by atoms with Crippen molar-refractivity contribution in [3.63, 3.8) is 0 Å². The predicted octanol–water partition coefficient (Wildman–Crippen LogP) is 4.40. The van der Waals surface area contributed by atoms with E-state index in [2.05, 4.69) is 16.8 Å². The van der Waals surface area contributed by atoms with Crippen LogP contribution in [0, 0.1) is 17.2 Å². The van der Waals surface area contributed by atoms with Crippen molar-refractivity contribution < 1.29 is 4.79 Å². The van der Waals surface area contributed by atoms with Gasteiger partial charge >= 0.3 is 0 Å². The highest BCUT2D eigenvalue weighted by atomic mass is 35.5. The third kappa shape index (κ3) is 5.13. The molecule has 2 fully saturated rings. The molecule has 7 heteroatoms. The van der Waals surface area contributed by atoms with E-state index in [9.17, 15) is 4.79 Å². The minimum absolute atomic E-state index is 0.105. The number of hydrogen-bond donors (Lipinski definition) is 2. The van der Waals surface area contributed by atoms with Gasteiger partial charge in [0.25, 0.3) is 0 Å². The molecular formula is C25H32ClN5O. The molecule has 3 heterocycles. The monoisotopic (exact) mass is 453 g/mol. The minimum atomic E-state index is 0.105. The Morgan fingerprint density at radius 2 is 1.69 bits per heavy atom. The highest BCUT2D eigenvalue weighted by Gasteiger charge is 2.33. The van der Waals surface area contributed by atoms with Crippen LogP contribution in [0.25, 0.3) is 0 Å². The number of nitrogens with one attached hydrogen (secondary N) is 1. The molecule has 2 aromatic rings. The number of carbonyl (C=O) groups is 1. The molecule has 1 amide bonds. The summed E-state index contributed by atoms with van der Waals surface area (Å²) in [5.74, 6) is 1.15. The van der Waals surface area contributed by atoms with Crippen molar-refractivity contribution >= 4 is 29.0 Å². The van der Waals surface area contributed by atoms with Crippen LogP contribution in [0.5, 0.6) is 0 Å². The first-order valence-electron chi connectivity index (χ1n) is 11.5. The zero-order valence-corrected chi connectivity index (χ0v) is 19.4. The zero-order valence-electron chi connectivity index (χ0n) is 18.6. The van der Waals surface area contributed by atoms with Crippen molar-refractivity contribution in [1.82, 2.24) is 14.8 Å². The summed E-state index contributed by atoms with van der Waals surface area (Å²) in [5.41, 5.74) is 8.60. The standard InChI is InChI=1S/C25H32ClN5O/c1-17(21-6-11-29-23(27)16-21)30-12-9-20(10-13-30)25(32)31-14-7-19(8-15-31)24(28)18-2-4-22(26)5-3-18/h2-6,11,16-17,19-20,28H,7-10,12-15H2,1H3,(H2,27,29). The first-order chi connectivity index (χ1) is 15.4. The van der Waals surface area contributed by atoms with Gasteiger partial charge in [0.15, 0.2) is 0 Å². The zero-order chi connectivity index (χ0) is 22.7. The number of hydrogen-bond acceptors (Lipinski definition) is 5. The fourth-order valence-electron chi connectivity index (χ4n) is 4.98. The lowest BCUT2D eigenvalue weighted by Gasteiger charge is -2.39. The Hall–Kier alpha value is -2.44. The summed E-state index contributed by atoms with van der Waals surface area (Å²) in [6.45, 7) is 5.50. The highest BCUT2D eigenvalue weighted by Crippen LogP contribution is 2.30. The number of anilines is 1. The molecule has 1 unspecified atom stereocenters. The number of halogens is 1. The molecule has 0 spiro atoms. The molecule has 1 aromatic heterocycles. The van der Waals surface area contributed by atoms with E-state index in [0.717, 1.165) is 57.4 Å². The van der Waals surface area contributed by atoms with Crippen molar-refractivity contribution in [2.75, 3.05) is 31.9 Å². The van der Waals surface area contributed by atoms with E-state index in [4.69, 9.17) is 22.7 Å². The molecule has 0 radical (unpaired) electrons. The lowest BCUT2D eigenvalue weighted by atomic mass is 9.87. The van der Waals surface area contributed by atoms with Crippen LogP contribution in [-0.2, 0) is 4.79 Å². The van der Waals surface area contributed by atoms with Crippen molar-refractivity contribution in [3.8, 4) is 0 Å². The van der Waals surface area contributed by atoms with Crippen molar-refractivity contribution in [2.24, 2.45) is 11.8 Å². The molecule has 4 rings (SSSR count). The molecule has 1 atom stereocenters. The van der Waals surface area contributed by atoms with E-state index >= 15 is 0 Å². The van der Waals surface area contributed by atoms with Gasteiger partial charge in [0, 0.05) is 47.9 Å². The van der Waals surface area contributed by atoms with Gasteiger partial charge in [-0.15, -0.1) is 0 Å². The Balaban J connectivity index is 1.26. The third-order valence-electron chi connectivity index (χ3n) is 7.08. The number of aromatic nitrogens is 1. The number of nitrogen functional groups attached to an aromatic ring is 1. The largest absolute Gasteiger partial charge is 0.384 e. The number of piperidine rings is 2. The molecule has 0 saturated carbocycles. The van der Waals surface area contributed by atoms with Crippen LogP contribution in [0.2, 0.25) is 5.02 Å². The molecular weight excluding hydrogens is 422 g/mol. The number of nitrogens with zero attached hydrogens (tertiary/aromatic N) is 3. The van der Waals surface area contributed by atoms with E-state index in [1.54, 1.807) is 6.20 Å². The summed E-state index contributed by atoms with van der Waals surface area (Å²) in [6.07, 6.45) is 5.25. The van der Waals surface area contributed by atoms with Gasteiger partial charge in [-0.3, -0.25) is 9.69 Å². The van der Waals surface area contributed by atoms with Crippen molar-refractivity contribution in [3.05, 3.63) is 58.7 Å². The summed E-state index contributed by atoms with van der Waals surface area (Å²) in [7, 11) is 0. The number of benzene rings is 1. The first-order valence-corrected chi connectivity index (χ1v) is 11.9. The maximum Gasteiger partial charge on any atom is 0.225 e. The molecule has 170 valence electrons. The fourth-order valence-corrected chi connectivity index (χ4v) is 5.11. The quantitative estimate of drug-likeness (QED) is 0.657. The van der Waals surface area contributed by atoms with Crippen LogP contribution < -0.4 is 5.73 Å². The number of amides is 1. The molecule has 2 aliphatic rings. The lowest BCUT2D eigenvalue weighted by Crippen LogP contribution is -2.46. The van der Waals surface area contributed by atoms with Gasteiger partial charge in [0.1, 0.15) is 5.82 Å². The van der Waals surface area contributed by atoms with Gasteiger partial charge < -0.3 is 16.0 Å². The molecule has 6 nitrogen and oxygen atoms in total. The Morgan fingerprint density at radius 1 is 1.06 bits per heavy atom. The smallest absolute Gasteiger partial charge is 0.225 e. The van der Waals surface area contributed by atoms with E-state index < -0.39 is 0 Å². The van der Waals surface area contributed by atoms with Gasteiger partial charge in [-0.05, 0) is 81.1 Å². The molecule has 32 heavy (non-hydrogen) atoms. The van der Waals surface area contributed by atoms with Crippen LogP contribution in [0.1, 0.15) is 49.8 Å². The Morgan fingerprint density at radius 3 is 2.31 bits per heavy atom. The summed E-state index contributed by atoms with van der Waals surface area (Å²) in [5, 5.41) is 9.23. The molecule has 0 aliphatic carbocycles. The van der Waals surface area contributed by atoms with Crippen LogP contribution in [0.4, 0.5) is 5.82 Å². The van der Waals surface area contributed by atoms with Crippen molar-refractivity contribution in [2.45, 2.75) is 38.6 Å². The Bertz CT molecular complexity index is 947. The second-order valence-corrected chi connectivity index (χ2v) is 9.46. The average Bonchev–Trinajstić information content (AvgIpc) is 2.83. The molecule has 0 bridgehead atoms. The van der Waals surface area contributed by atoms with Crippen LogP contribution in [0.3, 0.4) is 0 Å². The summed E-state index contributed by atoms with van der Waals surface area (Å²) >= 11 is 5.97. The number of carbonyl (C=O) groups excluding carboxylic acids is 1. The lowest BCUT2D eigenvalue weighted by molar-refractivity contribution is -0.138. The molecule has 3 N–H and O–H groups in total. The minimum Gasteiger partial charge on any atom is -0.384 e. The Kier molecular flexibility index (Phi) is 7.11. The van der Waals surface area contributed by atoms with Crippen LogP contribution in [0.15, 0.2) is 42.6 Å². The number of likely N-dealkylation sites (tertiary alicyclic amines) is 2. The first kappa shape index (κ1) is 22.7. The van der Waals surface area contributed by atoms with Gasteiger partial charge in [0.2, 0.25) is 5.91 Å². The number of nitrogens with two attached hydrogens (primary N) is 1. The van der Waals surface area contributed by atoms with E-state index in [1.807, 2.05) is 41.3 Å². The van der Waals surface area contributed by atoms with Gasteiger partial charge in [-0.25, -0.2) is 4.98 Å². The Labute approximate surface area is 195 Å². The normalized spacial score (nSPS) is 19.6. The topological polar surface area (TPSA) is 86.3 Å². The number of pyridine rings is 1. The van der Waals surface area contributed by atoms with Gasteiger partial charge in [-0.1, -0.05) is 23.7 Å². The van der Waals surface area contributed by atoms with E-state index in [1.165, 1.54) is 5.56 Å². The SMILES string of the molecule is CC(c1ccnc(N)c1)N1CCC(C(=O)N2CCC(C(=N)c3ccc(Cl)cc3)CC2)CC1. The fraction of sp³-hybridized carbons (Fsp3) is 0.480.